The molecular formula is C16H17N5OSi. The lowest BCUT2D eigenvalue weighted by Crippen LogP contribution is -2.29. The summed E-state index contributed by atoms with van der Waals surface area (Å²) in [5, 5.41) is 0. The molecule has 2 heterocycles. The summed E-state index contributed by atoms with van der Waals surface area (Å²) in [7, 11) is -1.70. The summed E-state index contributed by atoms with van der Waals surface area (Å²) in [5.74, 6) is 1.27. The van der Waals surface area contributed by atoms with Crippen molar-refractivity contribution in [3.05, 3.63) is 48.7 Å². The molecule has 0 spiro atoms. The van der Waals surface area contributed by atoms with Gasteiger partial charge >= 0.3 is 0 Å². The zero-order valence-electron chi connectivity index (χ0n) is 13.3. The molecule has 0 saturated carbocycles. The zero-order valence-corrected chi connectivity index (χ0v) is 14.3. The third-order valence-electron chi connectivity index (χ3n) is 2.85. The standard InChI is InChI=1S/C16H17N5OSi/c1-23(2,3)22-14-7-5-4-6-12(14)19-11-15-20-10-13-16(21-15)18-9-8-17-13/h4-11H,1-3H3/b19-11-. The van der Waals surface area contributed by atoms with E-state index in [0.717, 1.165) is 11.4 Å². The third kappa shape index (κ3) is 3.95. The molecule has 0 aliphatic carbocycles. The van der Waals surface area contributed by atoms with Crippen LogP contribution in [0.2, 0.25) is 19.6 Å². The van der Waals surface area contributed by atoms with E-state index < -0.39 is 8.32 Å². The number of fused-ring (bicyclic) bond motifs is 1. The molecule has 0 saturated heterocycles. The molecule has 1 aromatic carbocycles. The third-order valence-corrected chi connectivity index (χ3v) is 3.68. The van der Waals surface area contributed by atoms with Gasteiger partial charge in [-0.2, -0.15) is 0 Å². The molecule has 23 heavy (non-hydrogen) atoms. The summed E-state index contributed by atoms with van der Waals surface area (Å²) >= 11 is 0. The van der Waals surface area contributed by atoms with Crippen molar-refractivity contribution in [2.75, 3.05) is 0 Å². The van der Waals surface area contributed by atoms with Crippen LogP contribution in [-0.2, 0) is 0 Å². The normalized spacial score (nSPS) is 12.0. The van der Waals surface area contributed by atoms with Crippen molar-refractivity contribution in [3.8, 4) is 5.75 Å². The average molecular weight is 323 g/mol. The molecule has 3 aromatic rings. The SMILES string of the molecule is C[Si](C)(C)Oc1ccccc1/N=C\c1ncc2nccnc2n1. The van der Waals surface area contributed by atoms with E-state index in [0.29, 0.717) is 17.0 Å². The second-order valence-electron chi connectivity index (χ2n) is 5.93. The van der Waals surface area contributed by atoms with Gasteiger partial charge in [-0.15, -0.1) is 0 Å². The topological polar surface area (TPSA) is 73.2 Å². The first-order valence-electron chi connectivity index (χ1n) is 7.27. The second kappa shape index (κ2) is 6.21. The molecule has 7 heteroatoms. The van der Waals surface area contributed by atoms with Gasteiger partial charge in [-0.1, -0.05) is 12.1 Å². The predicted octanol–water partition coefficient (Wildman–Crippen LogP) is 3.38. The highest BCUT2D eigenvalue weighted by molar-refractivity contribution is 6.70. The van der Waals surface area contributed by atoms with Gasteiger partial charge in [-0.25, -0.2) is 24.9 Å². The summed E-state index contributed by atoms with van der Waals surface area (Å²) in [6, 6.07) is 7.71. The van der Waals surface area contributed by atoms with Crippen LogP contribution < -0.4 is 4.43 Å². The van der Waals surface area contributed by atoms with Crippen LogP contribution in [0.4, 0.5) is 5.69 Å². The Kier molecular flexibility index (Phi) is 4.11. The highest BCUT2D eigenvalue weighted by Gasteiger charge is 2.17. The van der Waals surface area contributed by atoms with Gasteiger partial charge in [0.25, 0.3) is 0 Å². The molecule has 0 aliphatic rings. The minimum absolute atomic E-state index is 0.487. The molecule has 0 bridgehead atoms. The van der Waals surface area contributed by atoms with E-state index in [-0.39, 0.29) is 0 Å². The molecule has 0 fully saturated rings. The van der Waals surface area contributed by atoms with Crippen molar-refractivity contribution in [2.24, 2.45) is 4.99 Å². The van der Waals surface area contributed by atoms with Crippen LogP contribution >= 0.6 is 0 Å². The van der Waals surface area contributed by atoms with Gasteiger partial charge in [0, 0.05) is 12.4 Å². The molecule has 0 radical (unpaired) electrons. The number of para-hydroxylation sites is 2. The van der Waals surface area contributed by atoms with Crippen LogP contribution in [0.3, 0.4) is 0 Å². The van der Waals surface area contributed by atoms with Crippen molar-refractivity contribution in [2.45, 2.75) is 19.6 Å². The van der Waals surface area contributed by atoms with Gasteiger partial charge in [0.15, 0.2) is 11.5 Å². The van der Waals surface area contributed by atoms with E-state index in [1.807, 2.05) is 24.3 Å². The Morgan fingerprint density at radius 3 is 2.65 bits per heavy atom. The molecule has 0 aliphatic heterocycles. The molecule has 0 N–H and O–H groups in total. The smallest absolute Gasteiger partial charge is 0.242 e. The fourth-order valence-electron chi connectivity index (χ4n) is 1.95. The lowest BCUT2D eigenvalue weighted by molar-refractivity contribution is 0.559. The van der Waals surface area contributed by atoms with Gasteiger partial charge in [0.05, 0.1) is 12.4 Å². The number of nitrogens with zero attached hydrogens (tertiary/aromatic N) is 5. The number of benzene rings is 1. The number of aromatic nitrogens is 4. The first-order chi connectivity index (χ1) is 11.0. The van der Waals surface area contributed by atoms with Crippen molar-refractivity contribution in [3.63, 3.8) is 0 Å². The van der Waals surface area contributed by atoms with Crippen molar-refractivity contribution >= 4 is 31.4 Å². The highest BCUT2D eigenvalue weighted by Crippen LogP contribution is 2.29. The van der Waals surface area contributed by atoms with Crippen LogP contribution in [0.5, 0.6) is 5.75 Å². The highest BCUT2D eigenvalue weighted by atomic mass is 28.4. The van der Waals surface area contributed by atoms with E-state index >= 15 is 0 Å². The van der Waals surface area contributed by atoms with E-state index in [9.17, 15) is 0 Å². The predicted molar refractivity (Wildman–Crippen MR) is 92.8 cm³/mol. The Hall–Kier alpha value is -2.67. The summed E-state index contributed by atoms with van der Waals surface area (Å²) < 4.78 is 6.05. The van der Waals surface area contributed by atoms with Crippen LogP contribution in [0.25, 0.3) is 11.2 Å². The number of hydrogen-bond donors (Lipinski definition) is 0. The Bertz CT molecular complexity index is 860. The fourth-order valence-corrected chi connectivity index (χ4v) is 2.79. The van der Waals surface area contributed by atoms with Gasteiger partial charge in [-0.05, 0) is 31.8 Å². The van der Waals surface area contributed by atoms with Crippen molar-refractivity contribution < 1.29 is 4.43 Å². The van der Waals surface area contributed by atoms with Crippen LogP contribution in [0.15, 0.2) is 47.8 Å². The first kappa shape index (κ1) is 15.2. The van der Waals surface area contributed by atoms with Crippen molar-refractivity contribution in [1.29, 1.82) is 0 Å². The minimum Gasteiger partial charge on any atom is -0.543 e. The van der Waals surface area contributed by atoms with Crippen molar-refractivity contribution in [1.82, 2.24) is 19.9 Å². The Balaban J connectivity index is 1.89. The molecular weight excluding hydrogens is 306 g/mol. The molecule has 0 atom stereocenters. The number of rotatable bonds is 4. The van der Waals surface area contributed by atoms with Gasteiger partial charge in [0.1, 0.15) is 17.0 Å². The lowest BCUT2D eigenvalue weighted by atomic mass is 10.3. The lowest BCUT2D eigenvalue weighted by Gasteiger charge is -2.20. The summed E-state index contributed by atoms with van der Waals surface area (Å²) in [6.07, 6.45) is 6.47. The monoisotopic (exact) mass is 323 g/mol. The molecule has 2 aromatic heterocycles. The van der Waals surface area contributed by atoms with E-state index in [1.54, 1.807) is 24.8 Å². The van der Waals surface area contributed by atoms with Crippen LogP contribution in [0, 0.1) is 0 Å². The Labute approximate surface area is 135 Å². The second-order valence-corrected chi connectivity index (χ2v) is 10.4. The quantitative estimate of drug-likeness (QED) is 0.543. The Morgan fingerprint density at radius 1 is 1.04 bits per heavy atom. The molecule has 116 valence electrons. The summed E-state index contributed by atoms with van der Waals surface area (Å²) in [5.41, 5.74) is 1.97. The maximum Gasteiger partial charge on any atom is 0.242 e. The largest absolute Gasteiger partial charge is 0.543 e. The van der Waals surface area contributed by atoms with Gasteiger partial charge in [0.2, 0.25) is 8.32 Å². The minimum atomic E-state index is -1.70. The van der Waals surface area contributed by atoms with Crippen LogP contribution in [-0.4, -0.2) is 34.5 Å². The fraction of sp³-hybridized carbons (Fsp3) is 0.188. The van der Waals surface area contributed by atoms with E-state index in [2.05, 4.69) is 44.6 Å². The summed E-state index contributed by atoms with van der Waals surface area (Å²) in [6.45, 7) is 6.41. The summed E-state index contributed by atoms with van der Waals surface area (Å²) in [4.78, 5) is 21.3. The van der Waals surface area contributed by atoms with Gasteiger partial charge < -0.3 is 4.43 Å². The van der Waals surface area contributed by atoms with Gasteiger partial charge in [-0.3, -0.25) is 0 Å². The average Bonchev–Trinajstić information content (AvgIpc) is 2.52. The van der Waals surface area contributed by atoms with Crippen LogP contribution in [0.1, 0.15) is 5.82 Å². The molecule has 0 unspecified atom stereocenters. The number of hydrogen-bond acceptors (Lipinski definition) is 6. The molecule has 0 amide bonds. The maximum atomic E-state index is 6.05. The molecule has 6 nitrogen and oxygen atoms in total. The molecule has 3 rings (SSSR count). The van der Waals surface area contributed by atoms with E-state index in [1.165, 1.54) is 0 Å². The Morgan fingerprint density at radius 2 is 1.83 bits per heavy atom. The maximum absolute atomic E-state index is 6.05. The number of aliphatic imine (C=N–C) groups is 1. The zero-order chi connectivity index (χ0) is 16.3. The first-order valence-corrected chi connectivity index (χ1v) is 10.7. The van der Waals surface area contributed by atoms with E-state index in [4.69, 9.17) is 4.43 Å².